The maximum absolute atomic E-state index is 10.7. The lowest BCUT2D eigenvalue weighted by atomic mass is 10.1. The predicted octanol–water partition coefficient (Wildman–Crippen LogP) is 3.20. The molecule has 18 heavy (non-hydrogen) atoms. The van der Waals surface area contributed by atoms with Gasteiger partial charge in [-0.05, 0) is 31.2 Å². The zero-order valence-corrected chi connectivity index (χ0v) is 10.7. The van der Waals surface area contributed by atoms with Crippen LogP contribution in [0.5, 0.6) is 5.75 Å². The van der Waals surface area contributed by atoms with E-state index in [4.69, 9.17) is 4.74 Å². The van der Waals surface area contributed by atoms with Gasteiger partial charge < -0.3 is 10.1 Å². The molecule has 1 fully saturated rings. The van der Waals surface area contributed by atoms with Gasteiger partial charge in [-0.25, -0.2) is 0 Å². The van der Waals surface area contributed by atoms with E-state index in [-0.39, 0.29) is 5.69 Å². The van der Waals surface area contributed by atoms with E-state index in [1.807, 2.05) is 0 Å². The third-order valence-corrected chi connectivity index (χ3v) is 3.45. The van der Waals surface area contributed by atoms with Crippen LogP contribution in [0.25, 0.3) is 0 Å². The van der Waals surface area contributed by atoms with E-state index in [0.29, 0.717) is 11.8 Å². The molecule has 1 aromatic rings. The van der Waals surface area contributed by atoms with Gasteiger partial charge in [0, 0.05) is 12.1 Å². The molecule has 0 aromatic heterocycles. The highest BCUT2D eigenvalue weighted by atomic mass is 16.6. The molecule has 1 N–H and O–H groups in total. The second-order valence-corrected chi connectivity index (χ2v) is 4.90. The van der Waals surface area contributed by atoms with Crippen LogP contribution in [-0.2, 0) is 0 Å². The number of anilines is 1. The Morgan fingerprint density at radius 3 is 2.78 bits per heavy atom. The van der Waals surface area contributed by atoms with Crippen molar-refractivity contribution in [2.45, 2.75) is 32.2 Å². The summed E-state index contributed by atoms with van der Waals surface area (Å²) >= 11 is 0. The summed E-state index contributed by atoms with van der Waals surface area (Å²) in [5, 5.41) is 14.1. The lowest BCUT2D eigenvalue weighted by Crippen LogP contribution is -2.15. The Bertz CT molecular complexity index is 448. The molecule has 0 radical (unpaired) electrons. The Kier molecular flexibility index (Phi) is 3.69. The molecule has 0 bridgehead atoms. The van der Waals surface area contributed by atoms with Gasteiger partial charge in [0.25, 0.3) is 5.69 Å². The molecule has 0 heterocycles. The fourth-order valence-electron chi connectivity index (χ4n) is 2.47. The Hall–Kier alpha value is -1.78. The fourth-order valence-corrected chi connectivity index (χ4v) is 2.47. The molecule has 2 unspecified atom stereocenters. The van der Waals surface area contributed by atoms with Crippen molar-refractivity contribution in [2.75, 3.05) is 12.4 Å². The standard InChI is InChI=1S/C13H18N2O3/c1-9-3-4-10(7-9)14-12-6-5-11(15(16)17)8-13(12)18-2/h5-6,8-10,14H,3-4,7H2,1-2H3. The molecule has 5 heteroatoms. The van der Waals surface area contributed by atoms with E-state index in [0.717, 1.165) is 24.4 Å². The fraction of sp³-hybridized carbons (Fsp3) is 0.538. The smallest absolute Gasteiger partial charge is 0.273 e. The summed E-state index contributed by atoms with van der Waals surface area (Å²) in [6.45, 7) is 2.24. The third kappa shape index (κ3) is 2.72. The zero-order chi connectivity index (χ0) is 13.1. The first-order chi connectivity index (χ1) is 8.60. The van der Waals surface area contributed by atoms with Gasteiger partial charge in [0.15, 0.2) is 0 Å². The molecule has 0 aliphatic heterocycles. The maximum atomic E-state index is 10.7. The van der Waals surface area contributed by atoms with Crippen LogP contribution >= 0.6 is 0 Å². The number of ether oxygens (including phenoxy) is 1. The molecule has 1 aliphatic rings. The van der Waals surface area contributed by atoms with E-state index < -0.39 is 4.92 Å². The van der Waals surface area contributed by atoms with Gasteiger partial charge in [-0.2, -0.15) is 0 Å². The largest absolute Gasteiger partial charge is 0.494 e. The average molecular weight is 250 g/mol. The van der Waals surface area contributed by atoms with Gasteiger partial charge in [0.2, 0.25) is 0 Å². The highest BCUT2D eigenvalue weighted by molar-refractivity contribution is 5.61. The summed E-state index contributed by atoms with van der Waals surface area (Å²) in [4.78, 5) is 10.3. The van der Waals surface area contributed by atoms with Gasteiger partial charge in [-0.3, -0.25) is 10.1 Å². The monoisotopic (exact) mass is 250 g/mol. The topological polar surface area (TPSA) is 64.4 Å². The molecule has 5 nitrogen and oxygen atoms in total. The van der Waals surface area contributed by atoms with Crippen molar-refractivity contribution in [1.82, 2.24) is 0 Å². The summed E-state index contributed by atoms with van der Waals surface area (Å²) in [7, 11) is 1.53. The molecule has 1 aliphatic carbocycles. The molecule has 2 rings (SSSR count). The zero-order valence-electron chi connectivity index (χ0n) is 10.7. The van der Waals surface area contributed by atoms with Crippen LogP contribution in [0.15, 0.2) is 18.2 Å². The van der Waals surface area contributed by atoms with E-state index in [2.05, 4.69) is 12.2 Å². The molecule has 1 aromatic carbocycles. The molecular formula is C13H18N2O3. The SMILES string of the molecule is COc1cc([N+](=O)[O-])ccc1NC1CCC(C)C1. The Morgan fingerprint density at radius 1 is 1.44 bits per heavy atom. The van der Waals surface area contributed by atoms with Crippen LogP contribution in [0.2, 0.25) is 0 Å². The van der Waals surface area contributed by atoms with Gasteiger partial charge in [0.05, 0.1) is 23.8 Å². The van der Waals surface area contributed by atoms with E-state index in [1.165, 1.54) is 25.7 Å². The first kappa shape index (κ1) is 12.7. The van der Waals surface area contributed by atoms with Crippen molar-refractivity contribution in [2.24, 2.45) is 5.92 Å². The number of nitro benzene ring substituents is 1. The molecule has 0 saturated heterocycles. The predicted molar refractivity (Wildman–Crippen MR) is 70.1 cm³/mol. The summed E-state index contributed by atoms with van der Waals surface area (Å²) in [5.74, 6) is 1.27. The highest BCUT2D eigenvalue weighted by Crippen LogP contribution is 2.33. The molecule has 2 atom stereocenters. The number of methoxy groups -OCH3 is 1. The van der Waals surface area contributed by atoms with Crippen LogP contribution in [-0.4, -0.2) is 18.1 Å². The summed E-state index contributed by atoms with van der Waals surface area (Å²) in [5.41, 5.74) is 0.888. The molecule has 1 saturated carbocycles. The average Bonchev–Trinajstić information content (AvgIpc) is 2.75. The summed E-state index contributed by atoms with van der Waals surface area (Å²) in [6.07, 6.45) is 3.51. The minimum Gasteiger partial charge on any atom is -0.494 e. The first-order valence-electron chi connectivity index (χ1n) is 6.19. The Morgan fingerprint density at radius 2 is 2.22 bits per heavy atom. The Labute approximate surface area is 106 Å². The minimum absolute atomic E-state index is 0.0530. The van der Waals surface area contributed by atoms with Crippen LogP contribution in [0.4, 0.5) is 11.4 Å². The molecule has 0 amide bonds. The summed E-state index contributed by atoms with van der Waals surface area (Å²) < 4.78 is 5.21. The lowest BCUT2D eigenvalue weighted by molar-refractivity contribution is -0.384. The van der Waals surface area contributed by atoms with Crippen LogP contribution in [0.3, 0.4) is 0 Å². The van der Waals surface area contributed by atoms with Crippen LogP contribution in [0.1, 0.15) is 26.2 Å². The lowest BCUT2D eigenvalue weighted by Gasteiger charge is -2.16. The van der Waals surface area contributed by atoms with Gasteiger partial charge in [-0.15, -0.1) is 0 Å². The second kappa shape index (κ2) is 5.25. The number of benzene rings is 1. The van der Waals surface area contributed by atoms with Crippen molar-refractivity contribution in [3.63, 3.8) is 0 Å². The number of rotatable bonds is 4. The van der Waals surface area contributed by atoms with E-state index in [9.17, 15) is 10.1 Å². The van der Waals surface area contributed by atoms with Gasteiger partial charge in [-0.1, -0.05) is 6.92 Å². The third-order valence-electron chi connectivity index (χ3n) is 3.45. The number of non-ortho nitro benzene ring substituents is 1. The normalized spacial score (nSPS) is 22.8. The van der Waals surface area contributed by atoms with Crippen molar-refractivity contribution in [1.29, 1.82) is 0 Å². The van der Waals surface area contributed by atoms with Gasteiger partial charge >= 0.3 is 0 Å². The first-order valence-corrected chi connectivity index (χ1v) is 6.19. The van der Waals surface area contributed by atoms with Crippen molar-refractivity contribution >= 4 is 11.4 Å². The molecule has 0 spiro atoms. The number of nitrogens with zero attached hydrogens (tertiary/aromatic N) is 1. The number of nitrogens with one attached hydrogen (secondary N) is 1. The van der Waals surface area contributed by atoms with E-state index in [1.54, 1.807) is 6.07 Å². The number of nitro groups is 1. The quantitative estimate of drug-likeness (QED) is 0.658. The maximum Gasteiger partial charge on any atom is 0.273 e. The highest BCUT2D eigenvalue weighted by Gasteiger charge is 2.22. The van der Waals surface area contributed by atoms with Crippen molar-refractivity contribution < 1.29 is 9.66 Å². The number of hydrogen-bond acceptors (Lipinski definition) is 4. The molecular weight excluding hydrogens is 232 g/mol. The summed E-state index contributed by atoms with van der Waals surface area (Å²) in [6, 6.07) is 5.12. The van der Waals surface area contributed by atoms with Gasteiger partial charge in [0.1, 0.15) is 5.75 Å². The Balaban J connectivity index is 2.14. The minimum atomic E-state index is -0.413. The van der Waals surface area contributed by atoms with Crippen LogP contribution < -0.4 is 10.1 Å². The number of hydrogen-bond donors (Lipinski definition) is 1. The molecule has 98 valence electrons. The second-order valence-electron chi connectivity index (χ2n) is 4.90. The van der Waals surface area contributed by atoms with E-state index >= 15 is 0 Å². The van der Waals surface area contributed by atoms with Crippen LogP contribution in [0, 0.1) is 16.0 Å². The van der Waals surface area contributed by atoms with Crippen molar-refractivity contribution in [3.8, 4) is 5.75 Å². The van der Waals surface area contributed by atoms with Crippen molar-refractivity contribution in [3.05, 3.63) is 28.3 Å².